The van der Waals surface area contributed by atoms with Gasteiger partial charge in [0.1, 0.15) is 17.1 Å². The van der Waals surface area contributed by atoms with E-state index in [0.717, 1.165) is 0 Å². The number of para-hydroxylation sites is 1. The number of anilines is 1. The third-order valence-electron chi connectivity index (χ3n) is 3.23. The molecule has 0 aliphatic rings. The summed E-state index contributed by atoms with van der Waals surface area (Å²) in [5.41, 5.74) is 0.998. The highest BCUT2D eigenvalue weighted by Gasteiger charge is 2.15. The number of rotatable bonds is 5. The highest BCUT2D eigenvalue weighted by molar-refractivity contribution is 6.32. The molecule has 0 unspecified atom stereocenters. The van der Waals surface area contributed by atoms with Gasteiger partial charge < -0.3 is 19.9 Å². The number of halogens is 1. The van der Waals surface area contributed by atoms with Crippen LogP contribution in [0.3, 0.4) is 0 Å². The Morgan fingerprint density at radius 3 is 2.67 bits per heavy atom. The third kappa shape index (κ3) is 4.17. The summed E-state index contributed by atoms with van der Waals surface area (Å²) in [6, 6.07) is 9.43. The Kier molecular flexibility index (Phi) is 5.65. The van der Waals surface area contributed by atoms with Crippen LogP contribution in [0.15, 0.2) is 36.4 Å². The molecule has 24 heavy (non-hydrogen) atoms. The van der Waals surface area contributed by atoms with Gasteiger partial charge in [-0.2, -0.15) is 0 Å². The SMILES string of the molecule is COc1ccc(NC(=O)COC(=O)c2cccc(C)c2O)cc1Cl. The van der Waals surface area contributed by atoms with Gasteiger partial charge in [0.15, 0.2) is 6.61 Å². The van der Waals surface area contributed by atoms with E-state index in [1.54, 1.807) is 31.2 Å². The van der Waals surface area contributed by atoms with E-state index in [4.69, 9.17) is 21.1 Å². The molecule has 0 atom stereocenters. The standard InChI is InChI=1S/C17H16ClNO5/c1-10-4-3-5-12(16(10)21)17(22)24-9-15(20)19-11-6-7-14(23-2)13(18)8-11/h3-8,21H,9H2,1-2H3,(H,19,20). The molecule has 0 saturated carbocycles. The molecule has 1 amide bonds. The summed E-state index contributed by atoms with van der Waals surface area (Å²) in [4.78, 5) is 23.8. The highest BCUT2D eigenvalue weighted by Crippen LogP contribution is 2.27. The number of methoxy groups -OCH3 is 1. The predicted octanol–water partition coefficient (Wildman–Crippen LogP) is 3.16. The molecule has 0 aromatic heterocycles. The van der Waals surface area contributed by atoms with E-state index in [0.29, 0.717) is 22.0 Å². The van der Waals surface area contributed by atoms with Gasteiger partial charge in [0.2, 0.25) is 0 Å². The van der Waals surface area contributed by atoms with Crippen molar-refractivity contribution in [3.63, 3.8) is 0 Å². The van der Waals surface area contributed by atoms with Crippen LogP contribution in [0.1, 0.15) is 15.9 Å². The normalized spacial score (nSPS) is 10.1. The topological polar surface area (TPSA) is 84.9 Å². The van der Waals surface area contributed by atoms with Gasteiger partial charge in [0.05, 0.1) is 12.1 Å². The molecule has 0 radical (unpaired) electrons. The van der Waals surface area contributed by atoms with E-state index in [1.165, 1.54) is 19.2 Å². The number of ether oxygens (including phenoxy) is 2. The van der Waals surface area contributed by atoms with Crippen molar-refractivity contribution in [3.8, 4) is 11.5 Å². The molecule has 0 spiro atoms. The Labute approximate surface area is 144 Å². The molecule has 6 nitrogen and oxygen atoms in total. The average molecular weight is 350 g/mol. The van der Waals surface area contributed by atoms with Crippen molar-refractivity contribution in [1.29, 1.82) is 0 Å². The van der Waals surface area contributed by atoms with Gasteiger partial charge in [-0.1, -0.05) is 23.7 Å². The molecule has 0 bridgehead atoms. The Balaban J connectivity index is 1.94. The highest BCUT2D eigenvalue weighted by atomic mass is 35.5. The fraction of sp³-hybridized carbons (Fsp3) is 0.176. The Hall–Kier alpha value is -2.73. The molecular weight excluding hydrogens is 334 g/mol. The van der Waals surface area contributed by atoms with Crippen molar-refractivity contribution >= 4 is 29.2 Å². The van der Waals surface area contributed by atoms with E-state index in [2.05, 4.69) is 5.32 Å². The Bertz CT molecular complexity index is 776. The second kappa shape index (κ2) is 7.70. The lowest BCUT2D eigenvalue weighted by molar-refractivity contribution is -0.119. The minimum absolute atomic E-state index is 0.00953. The van der Waals surface area contributed by atoms with E-state index in [9.17, 15) is 14.7 Å². The van der Waals surface area contributed by atoms with Crippen LogP contribution < -0.4 is 10.1 Å². The van der Waals surface area contributed by atoms with Crippen LogP contribution in [-0.2, 0) is 9.53 Å². The second-order valence-electron chi connectivity index (χ2n) is 4.94. The fourth-order valence-corrected chi connectivity index (χ4v) is 2.23. The molecule has 0 saturated heterocycles. The number of aromatic hydroxyl groups is 1. The number of esters is 1. The van der Waals surface area contributed by atoms with Crippen molar-refractivity contribution in [2.45, 2.75) is 6.92 Å². The molecule has 7 heteroatoms. The maximum Gasteiger partial charge on any atom is 0.342 e. The number of carbonyl (C=O) groups is 2. The molecule has 2 aromatic carbocycles. The number of amides is 1. The monoisotopic (exact) mass is 349 g/mol. The molecule has 0 aliphatic heterocycles. The number of phenols is 1. The predicted molar refractivity (Wildman–Crippen MR) is 89.8 cm³/mol. The third-order valence-corrected chi connectivity index (χ3v) is 3.52. The number of aryl methyl sites for hydroxylation is 1. The second-order valence-corrected chi connectivity index (χ2v) is 5.35. The molecule has 2 rings (SSSR count). The van der Waals surface area contributed by atoms with Gasteiger partial charge in [-0.15, -0.1) is 0 Å². The summed E-state index contributed by atoms with van der Waals surface area (Å²) in [6.07, 6.45) is 0. The van der Waals surface area contributed by atoms with Gasteiger partial charge in [-0.3, -0.25) is 4.79 Å². The molecule has 2 N–H and O–H groups in total. The molecular formula is C17H16ClNO5. The van der Waals surface area contributed by atoms with Crippen LogP contribution in [0.4, 0.5) is 5.69 Å². The smallest absolute Gasteiger partial charge is 0.342 e. The van der Waals surface area contributed by atoms with Crippen molar-refractivity contribution in [2.24, 2.45) is 0 Å². The molecule has 0 fully saturated rings. The van der Waals surface area contributed by atoms with Gasteiger partial charge in [-0.05, 0) is 36.8 Å². The van der Waals surface area contributed by atoms with Crippen molar-refractivity contribution in [3.05, 3.63) is 52.5 Å². The Morgan fingerprint density at radius 2 is 2.00 bits per heavy atom. The average Bonchev–Trinajstić information content (AvgIpc) is 2.55. The maximum atomic E-state index is 11.9. The summed E-state index contributed by atoms with van der Waals surface area (Å²) in [6.45, 7) is 1.17. The van der Waals surface area contributed by atoms with Crippen LogP contribution in [0.25, 0.3) is 0 Å². The first-order valence-corrected chi connectivity index (χ1v) is 7.39. The molecule has 2 aromatic rings. The van der Waals surface area contributed by atoms with Crippen molar-refractivity contribution < 1.29 is 24.2 Å². The quantitative estimate of drug-likeness (QED) is 0.810. The minimum Gasteiger partial charge on any atom is -0.507 e. The summed E-state index contributed by atoms with van der Waals surface area (Å²) in [5.74, 6) is -0.989. The minimum atomic E-state index is -0.779. The van der Waals surface area contributed by atoms with Gasteiger partial charge >= 0.3 is 5.97 Å². The van der Waals surface area contributed by atoms with Gasteiger partial charge in [-0.25, -0.2) is 4.79 Å². The zero-order valence-electron chi connectivity index (χ0n) is 13.1. The maximum absolute atomic E-state index is 11.9. The van der Waals surface area contributed by atoms with Crippen LogP contribution in [0.5, 0.6) is 11.5 Å². The number of nitrogens with one attached hydrogen (secondary N) is 1. The summed E-state index contributed by atoms with van der Waals surface area (Å²) >= 11 is 5.96. The number of phenolic OH excluding ortho intramolecular Hbond substituents is 1. The van der Waals surface area contributed by atoms with Crippen LogP contribution in [0, 0.1) is 6.92 Å². The largest absolute Gasteiger partial charge is 0.507 e. The number of hydrogen-bond donors (Lipinski definition) is 2. The van der Waals surface area contributed by atoms with Gasteiger partial charge in [0.25, 0.3) is 5.91 Å². The number of carbonyl (C=O) groups excluding carboxylic acids is 2. The molecule has 0 heterocycles. The first-order chi connectivity index (χ1) is 11.4. The van der Waals surface area contributed by atoms with Crippen molar-refractivity contribution in [1.82, 2.24) is 0 Å². The van der Waals surface area contributed by atoms with Crippen LogP contribution in [-0.4, -0.2) is 30.7 Å². The summed E-state index contributed by atoms with van der Waals surface area (Å²) < 4.78 is 9.92. The zero-order valence-corrected chi connectivity index (χ0v) is 13.9. The lowest BCUT2D eigenvalue weighted by atomic mass is 10.1. The number of benzene rings is 2. The van der Waals surface area contributed by atoms with E-state index < -0.39 is 18.5 Å². The van der Waals surface area contributed by atoms with E-state index >= 15 is 0 Å². The Morgan fingerprint density at radius 1 is 1.25 bits per heavy atom. The lowest BCUT2D eigenvalue weighted by Crippen LogP contribution is -2.21. The molecule has 126 valence electrons. The summed E-state index contributed by atoms with van der Waals surface area (Å²) in [5, 5.41) is 12.7. The van der Waals surface area contributed by atoms with Crippen molar-refractivity contribution in [2.75, 3.05) is 19.0 Å². The first kappa shape index (κ1) is 17.6. The van der Waals surface area contributed by atoms with Gasteiger partial charge in [0, 0.05) is 5.69 Å². The van der Waals surface area contributed by atoms with Crippen LogP contribution in [0.2, 0.25) is 5.02 Å². The van der Waals surface area contributed by atoms with E-state index in [1.807, 2.05) is 0 Å². The fourth-order valence-electron chi connectivity index (χ4n) is 1.97. The molecule has 0 aliphatic carbocycles. The zero-order chi connectivity index (χ0) is 17.7. The van der Waals surface area contributed by atoms with Crippen LogP contribution >= 0.6 is 11.6 Å². The number of hydrogen-bond acceptors (Lipinski definition) is 5. The lowest BCUT2D eigenvalue weighted by Gasteiger charge is -2.09. The van der Waals surface area contributed by atoms with E-state index in [-0.39, 0.29) is 11.3 Å². The summed E-state index contributed by atoms with van der Waals surface area (Å²) in [7, 11) is 1.49. The first-order valence-electron chi connectivity index (χ1n) is 7.01.